The SMILES string of the molecule is CN1CCN(Cc2ccc(-c3cnc(C(=CN)c4ccnc5ccccc45)nc3)cc2)CC1. The predicted octanol–water partition coefficient (Wildman–Crippen LogP) is 3.79. The normalized spacial score (nSPS) is 15.7. The third-order valence-electron chi connectivity index (χ3n) is 6.29. The van der Waals surface area contributed by atoms with Crippen molar-refractivity contribution in [1.29, 1.82) is 0 Å². The molecule has 1 aliphatic rings. The van der Waals surface area contributed by atoms with Crippen molar-refractivity contribution in [2.75, 3.05) is 33.2 Å². The molecule has 3 heterocycles. The van der Waals surface area contributed by atoms with E-state index >= 15 is 0 Å². The number of rotatable bonds is 5. The molecule has 2 N–H and O–H groups in total. The zero-order valence-electron chi connectivity index (χ0n) is 18.9. The Kier molecular flexibility index (Phi) is 6.11. The first kappa shape index (κ1) is 21.2. The van der Waals surface area contributed by atoms with Crippen molar-refractivity contribution in [3.05, 3.63) is 96.3 Å². The maximum Gasteiger partial charge on any atom is 0.161 e. The first-order chi connectivity index (χ1) is 16.2. The standard InChI is InChI=1S/C27H28N6/c1-32-12-14-33(15-13-32)19-20-6-8-21(9-7-20)22-17-30-27(31-18-22)25(16-28)23-10-11-29-26-5-3-2-4-24(23)26/h2-11,16-18H,12-15,19,28H2,1H3. The Morgan fingerprint density at radius 1 is 0.879 bits per heavy atom. The quantitative estimate of drug-likeness (QED) is 0.513. The summed E-state index contributed by atoms with van der Waals surface area (Å²) in [5.41, 5.74) is 12.1. The molecule has 0 aliphatic carbocycles. The molecule has 6 heteroatoms. The highest BCUT2D eigenvalue weighted by Gasteiger charge is 2.14. The minimum absolute atomic E-state index is 0.601. The van der Waals surface area contributed by atoms with Crippen LogP contribution in [0.25, 0.3) is 27.6 Å². The highest BCUT2D eigenvalue weighted by Crippen LogP contribution is 2.27. The summed E-state index contributed by atoms with van der Waals surface area (Å²) in [6.07, 6.45) is 7.10. The van der Waals surface area contributed by atoms with Crippen molar-refractivity contribution in [2.45, 2.75) is 6.54 Å². The van der Waals surface area contributed by atoms with Gasteiger partial charge in [-0.3, -0.25) is 9.88 Å². The van der Waals surface area contributed by atoms with Crippen LogP contribution in [-0.2, 0) is 6.54 Å². The first-order valence-corrected chi connectivity index (χ1v) is 11.3. The van der Waals surface area contributed by atoms with Gasteiger partial charge in [0.15, 0.2) is 5.82 Å². The molecule has 0 saturated carbocycles. The molecular weight excluding hydrogens is 408 g/mol. The number of likely N-dealkylation sites (N-methyl/N-ethyl adjacent to an activating group) is 1. The third-order valence-corrected chi connectivity index (χ3v) is 6.29. The summed E-state index contributed by atoms with van der Waals surface area (Å²) in [4.78, 5) is 18.6. The summed E-state index contributed by atoms with van der Waals surface area (Å²) in [5.74, 6) is 0.601. The van der Waals surface area contributed by atoms with Gasteiger partial charge in [-0.05, 0) is 35.9 Å². The molecule has 0 radical (unpaired) electrons. The summed E-state index contributed by atoms with van der Waals surface area (Å²) in [5, 5.41) is 1.03. The molecule has 0 unspecified atom stereocenters. The number of hydrogen-bond acceptors (Lipinski definition) is 6. The lowest BCUT2D eigenvalue weighted by Crippen LogP contribution is -2.43. The summed E-state index contributed by atoms with van der Waals surface area (Å²) in [7, 11) is 2.19. The van der Waals surface area contributed by atoms with Crippen LogP contribution in [0.4, 0.5) is 0 Å². The number of nitrogens with two attached hydrogens (primary N) is 1. The number of pyridine rings is 1. The van der Waals surface area contributed by atoms with Crippen molar-refractivity contribution in [2.24, 2.45) is 5.73 Å². The largest absolute Gasteiger partial charge is 0.404 e. The highest BCUT2D eigenvalue weighted by atomic mass is 15.2. The first-order valence-electron chi connectivity index (χ1n) is 11.3. The zero-order valence-corrected chi connectivity index (χ0v) is 18.9. The molecular formula is C27H28N6. The highest BCUT2D eigenvalue weighted by molar-refractivity contribution is 5.94. The second kappa shape index (κ2) is 9.48. The average Bonchev–Trinajstić information content (AvgIpc) is 2.87. The number of nitrogens with zero attached hydrogens (tertiary/aromatic N) is 5. The molecule has 0 spiro atoms. The lowest BCUT2D eigenvalue weighted by molar-refractivity contribution is 0.148. The summed E-state index contributed by atoms with van der Waals surface area (Å²) >= 11 is 0. The molecule has 1 aliphatic heterocycles. The van der Waals surface area contributed by atoms with Gasteiger partial charge >= 0.3 is 0 Å². The van der Waals surface area contributed by atoms with E-state index in [4.69, 9.17) is 5.73 Å². The van der Waals surface area contributed by atoms with Gasteiger partial charge in [0.25, 0.3) is 0 Å². The molecule has 0 amide bonds. The van der Waals surface area contributed by atoms with Gasteiger partial charge in [0.2, 0.25) is 0 Å². The molecule has 5 rings (SSSR count). The Balaban J connectivity index is 1.34. The molecule has 0 atom stereocenters. The number of piperazine rings is 1. The Morgan fingerprint density at radius 3 is 2.33 bits per heavy atom. The van der Waals surface area contributed by atoms with E-state index in [0.717, 1.165) is 65.9 Å². The molecule has 2 aromatic carbocycles. The van der Waals surface area contributed by atoms with E-state index in [9.17, 15) is 0 Å². The van der Waals surface area contributed by atoms with E-state index in [1.54, 1.807) is 12.4 Å². The fraction of sp³-hybridized carbons (Fsp3) is 0.222. The van der Waals surface area contributed by atoms with Gasteiger partial charge in [-0.1, -0.05) is 42.5 Å². The van der Waals surface area contributed by atoms with E-state index in [-0.39, 0.29) is 0 Å². The van der Waals surface area contributed by atoms with Gasteiger partial charge in [-0.15, -0.1) is 0 Å². The smallest absolute Gasteiger partial charge is 0.161 e. The fourth-order valence-electron chi connectivity index (χ4n) is 4.30. The second-order valence-corrected chi connectivity index (χ2v) is 8.53. The van der Waals surface area contributed by atoms with Crippen LogP contribution in [0.2, 0.25) is 0 Å². The predicted molar refractivity (Wildman–Crippen MR) is 133 cm³/mol. The number of aromatic nitrogens is 3. The summed E-state index contributed by atoms with van der Waals surface area (Å²) in [6, 6.07) is 18.7. The topological polar surface area (TPSA) is 71.2 Å². The molecule has 1 saturated heterocycles. The van der Waals surface area contributed by atoms with E-state index in [1.165, 1.54) is 5.56 Å². The van der Waals surface area contributed by atoms with Gasteiger partial charge in [0, 0.05) is 74.0 Å². The maximum absolute atomic E-state index is 6.01. The Bertz CT molecular complexity index is 1250. The molecule has 1 fully saturated rings. The van der Waals surface area contributed by atoms with Crippen LogP contribution in [-0.4, -0.2) is 58.0 Å². The van der Waals surface area contributed by atoms with Crippen molar-refractivity contribution in [1.82, 2.24) is 24.8 Å². The van der Waals surface area contributed by atoms with E-state index in [2.05, 4.69) is 56.1 Å². The van der Waals surface area contributed by atoms with Crippen LogP contribution in [0.15, 0.2) is 79.4 Å². The lowest BCUT2D eigenvalue weighted by atomic mass is 10.0. The number of benzene rings is 2. The van der Waals surface area contributed by atoms with Gasteiger partial charge in [0.05, 0.1) is 5.52 Å². The van der Waals surface area contributed by atoms with Crippen LogP contribution < -0.4 is 5.73 Å². The van der Waals surface area contributed by atoms with Crippen molar-refractivity contribution in [3.63, 3.8) is 0 Å². The minimum atomic E-state index is 0.601. The monoisotopic (exact) mass is 436 g/mol. The van der Waals surface area contributed by atoms with Crippen LogP contribution in [0.1, 0.15) is 17.0 Å². The van der Waals surface area contributed by atoms with Crippen molar-refractivity contribution in [3.8, 4) is 11.1 Å². The van der Waals surface area contributed by atoms with E-state index in [1.807, 2.05) is 42.7 Å². The Hall–Kier alpha value is -3.61. The van der Waals surface area contributed by atoms with Gasteiger partial charge in [-0.25, -0.2) is 9.97 Å². The third kappa shape index (κ3) is 4.62. The Labute approximate surface area is 194 Å². The van der Waals surface area contributed by atoms with E-state index < -0.39 is 0 Å². The maximum atomic E-state index is 6.01. The molecule has 4 aromatic rings. The fourth-order valence-corrected chi connectivity index (χ4v) is 4.30. The van der Waals surface area contributed by atoms with E-state index in [0.29, 0.717) is 5.82 Å². The molecule has 166 valence electrons. The minimum Gasteiger partial charge on any atom is -0.404 e. The lowest BCUT2D eigenvalue weighted by Gasteiger charge is -2.32. The van der Waals surface area contributed by atoms with Crippen LogP contribution in [0.5, 0.6) is 0 Å². The van der Waals surface area contributed by atoms with Crippen LogP contribution in [0.3, 0.4) is 0 Å². The van der Waals surface area contributed by atoms with Gasteiger partial charge < -0.3 is 10.6 Å². The van der Waals surface area contributed by atoms with Crippen LogP contribution in [0, 0.1) is 0 Å². The molecule has 2 aromatic heterocycles. The average molecular weight is 437 g/mol. The molecule has 0 bridgehead atoms. The van der Waals surface area contributed by atoms with Crippen molar-refractivity contribution < 1.29 is 0 Å². The van der Waals surface area contributed by atoms with Crippen molar-refractivity contribution >= 4 is 16.5 Å². The second-order valence-electron chi connectivity index (χ2n) is 8.53. The Morgan fingerprint density at radius 2 is 1.61 bits per heavy atom. The molecule has 33 heavy (non-hydrogen) atoms. The van der Waals surface area contributed by atoms with Gasteiger partial charge in [-0.2, -0.15) is 0 Å². The summed E-state index contributed by atoms with van der Waals surface area (Å²) < 4.78 is 0. The zero-order chi connectivity index (χ0) is 22.6. The number of para-hydroxylation sites is 1. The number of hydrogen-bond donors (Lipinski definition) is 1. The number of fused-ring (bicyclic) bond motifs is 1. The molecule has 6 nitrogen and oxygen atoms in total. The van der Waals surface area contributed by atoms with Gasteiger partial charge in [0.1, 0.15) is 0 Å². The van der Waals surface area contributed by atoms with Crippen LogP contribution >= 0.6 is 0 Å². The summed E-state index contributed by atoms with van der Waals surface area (Å²) in [6.45, 7) is 5.51.